The number of rotatable bonds is 5. The van der Waals surface area contributed by atoms with Crippen LogP contribution in [0.1, 0.15) is 47.5 Å². The summed E-state index contributed by atoms with van der Waals surface area (Å²) in [5, 5.41) is 11.4. The molecule has 3 heterocycles. The Morgan fingerprint density at radius 1 is 1.19 bits per heavy atom. The number of aromatic nitrogens is 2. The van der Waals surface area contributed by atoms with Crippen LogP contribution in [-0.4, -0.2) is 59.6 Å². The molecule has 2 amide bonds. The first kappa shape index (κ1) is 21.0. The average molecular weight is 438 g/mol. The smallest absolute Gasteiger partial charge is 0.318 e. The Morgan fingerprint density at radius 2 is 2.00 bits per heavy atom. The van der Waals surface area contributed by atoms with Crippen molar-refractivity contribution >= 4 is 17.8 Å². The highest BCUT2D eigenvalue weighted by atomic mass is 16.4. The van der Waals surface area contributed by atoms with Gasteiger partial charge in [0.25, 0.3) is 5.91 Å². The largest absolute Gasteiger partial charge is 0.408 e. The molecule has 5 rings (SSSR count). The van der Waals surface area contributed by atoms with Crippen molar-refractivity contribution in [2.75, 3.05) is 37.6 Å². The van der Waals surface area contributed by atoms with E-state index in [1.54, 1.807) is 6.92 Å². The third kappa shape index (κ3) is 3.87. The minimum atomic E-state index is -0.558. The normalized spacial score (nSPS) is 25.4. The number of nitrogens with zero attached hydrogens (tertiary/aromatic N) is 4. The molecule has 0 spiro atoms. The van der Waals surface area contributed by atoms with E-state index in [0.717, 1.165) is 30.5 Å². The van der Waals surface area contributed by atoms with Gasteiger partial charge in [-0.25, -0.2) is 0 Å². The van der Waals surface area contributed by atoms with E-state index < -0.39 is 5.41 Å². The summed E-state index contributed by atoms with van der Waals surface area (Å²) in [7, 11) is 0. The maximum absolute atomic E-state index is 13.6. The number of hydrogen-bond acceptors (Lipinski definition) is 6. The number of benzene rings is 1. The quantitative estimate of drug-likeness (QED) is 0.773. The predicted octanol–water partition coefficient (Wildman–Crippen LogP) is 2.57. The van der Waals surface area contributed by atoms with Gasteiger partial charge < -0.3 is 19.5 Å². The Balaban J connectivity index is 1.41. The van der Waals surface area contributed by atoms with Crippen molar-refractivity contribution in [1.29, 1.82) is 0 Å². The Kier molecular flexibility index (Phi) is 5.39. The summed E-state index contributed by atoms with van der Waals surface area (Å²) in [5.74, 6) is 1.29. The van der Waals surface area contributed by atoms with Gasteiger partial charge >= 0.3 is 6.01 Å². The number of fused-ring (bicyclic) bond motifs is 1. The van der Waals surface area contributed by atoms with Gasteiger partial charge in [0.15, 0.2) is 0 Å². The number of carbonyl (C=O) groups excluding carboxylic acids is 2. The van der Waals surface area contributed by atoms with Crippen LogP contribution in [0.5, 0.6) is 0 Å². The van der Waals surface area contributed by atoms with E-state index in [0.29, 0.717) is 44.0 Å². The first-order chi connectivity index (χ1) is 15.5. The molecule has 0 unspecified atom stereocenters. The second-order valence-electron chi connectivity index (χ2n) is 9.66. The standard InChI is InChI=1S/C24H31N5O3/c1-16-6-3-4-7-20(16)21(30)28-11-5-10-24(22(31)25-12-18-8-9-18)15-29(14-19(24)13-28)23-27-26-17(2)32-23/h3-4,6-7,18-19H,5,8-15H2,1-2H3,(H,25,31)/t19-,24-/m1/s1. The molecule has 1 aliphatic carbocycles. The van der Waals surface area contributed by atoms with Gasteiger partial charge in [0.2, 0.25) is 11.8 Å². The van der Waals surface area contributed by atoms with Crippen LogP contribution in [0.25, 0.3) is 0 Å². The molecule has 8 nitrogen and oxygen atoms in total. The maximum atomic E-state index is 13.6. The van der Waals surface area contributed by atoms with Crippen LogP contribution in [0.3, 0.4) is 0 Å². The van der Waals surface area contributed by atoms with Crippen LogP contribution in [0.4, 0.5) is 6.01 Å². The molecule has 2 atom stereocenters. The fourth-order valence-electron chi connectivity index (χ4n) is 5.27. The molecule has 32 heavy (non-hydrogen) atoms. The summed E-state index contributed by atoms with van der Waals surface area (Å²) in [5.41, 5.74) is 1.16. The third-order valence-corrected chi connectivity index (χ3v) is 7.34. The molecule has 2 aliphatic heterocycles. The second kappa shape index (κ2) is 8.22. The summed E-state index contributed by atoms with van der Waals surface area (Å²) >= 11 is 0. The maximum Gasteiger partial charge on any atom is 0.318 e. The van der Waals surface area contributed by atoms with E-state index in [-0.39, 0.29) is 17.7 Å². The van der Waals surface area contributed by atoms with Gasteiger partial charge in [-0.2, -0.15) is 0 Å². The lowest BCUT2D eigenvalue weighted by Gasteiger charge is -2.32. The Labute approximate surface area is 188 Å². The molecule has 1 saturated carbocycles. The zero-order valence-corrected chi connectivity index (χ0v) is 18.8. The van der Waals surface area contributed by atoms with E-state index in [1.165, 1.54) is 12.8 Å². The van der Waals surface area contributed by atoms with Crippen molar-refractivity contribution in [3.05, 3.63) is 41.3 Å². The zero-order valence-electron chi connectivity index (χ0n) is 18.8. The van der Waals surface area contributed by atoms with E-state index in [2.05, 4.69) is 15.5 Å². The third-order valence-electron chi connectivity index (χ3n) is 7.34. The first-order valence-corrected chi connectivity index (χ1v) is 11.6. The molecule has 170 valence electrons. The van der Waals surface area contributed by atoms with Crippen LogP contribution in [0.2, 0.25) is 0 Å². The number of anilines is 1. The minimum absolute atomic E-state index is 0.00405. The van der Waals surface area contributed by atoms with Gasteiger partial charge in [-0.15, -0.1) is 5.10 Å². The summed E-state index contributed by atoms with van der Waals surface area (Å²) < 4.78 is 5.69. The fourth-order valence-corrected chi connectivity index (χ4v) is 5.27. The SMILES string of the molecule is Cc1nnc(N2C[C@H]3CN(C(=O)c4ccccc4C)CCC[C@@]3(C(=O)NCC3CC3)C2)o1. The van der Waals surface area contributed by atoms with E-state index in [1.807, 2.05) is 41.0 Å². The Morgan fingerprint density at radius 3 is 2.72 bits per heavy atom. The van der Waals surface area contributed by atoms with E-state index >= 15 is 0 Å². The van der Waals surface area contributed by atoms with Gasteiger partial charge in [0.05, 0.1) is 5.41 Å². The second-order valence-corrected chi connectivity index (χ2v) is 9.66. The number of likely N-dealkylation sites (tertiary alicyclic amines) is 1. The number of hydrogen-bond donors (Lipinski definition) is 1. The predicted molar refractivity (Wildman–Crippen MR) is 119 cm³/mol. The molecule has 0 radical (unpaired) electrons. The molecule has 0 bridgehead atoms. The zero-order chi connectivity index (χ0) is 22.3. The molecular weight excluding hydrogens is 406 g/mol. The van der Waals surface area contributed by atoms with Gasteiger partial charge in [0.1, 0.15) is 0 Å². The first-order valence-electron chi connectivity index (χ1n) is 11.6. The van der Waals surface area contributed by atoms with Crippen molar-refractivity contribution < 1.29 is 14.0 Å². The van der Waals surface area contributed by atoms with Crippen molar-refractivity contribution in [3.8, 4) is 0 Å². The highest BCUT2D eigenvalue weighted by Gasteiger charge is 2.54. The minimum Gasteiger partial charge on any atom is -0.408 e. The molecular formula is C24H31N5O3. The van der Waals surface area contributed by atoms with Gasteiger partial charge in [-0.3, -0.25) is 9.59 Å². The lowest BCUT2D eigenvalue weighted by molar-refractivity contribution is -0.132. The van der Waals surface area contributed by atoms with Gasteiger partial charge in [-0.05, 0) is 50.2 Å². The van der Waals surface area contributed by atoms with Crippen molar-refractivity contribution in [2.24, 2.45) is 17.3 Å². The molecule has 3 aliphatic rings. The summed E-state index contributed by atoms with van der Waals surface area (Å²) in [4.78, 5) is 30.9. The molecule has 8 heteroatoms. The molecule has 1 N–H and O–H groups in total. The van der Waals surface area contributed by atoms with Crippen LogP contribution in [0.15, 0.2) is 28.7 Å². The van der Waals surface area contributed by atoms with Gasteiger partial charge in [0, 0.05) is 51.1 Å². The van der Waals surface area contributed by atoms with E-state index in [9.17, 15) is 9.59 Å². The number of amides is 2. The summed E-state index contributed by atoms with van der Waals surface area (Å²) in [6.07, 6.45) is 3.93. The van der Waals surface area contributed by atoms with Crippen molar-refractivity contribution in [2.45, 2.75) is 39.5 Å². The van der Waals surface area contributed by atoms with E-state index in [4.69, 9.17) is 4.42 Å². The number of nitrogens with one attached hydrogen (secondary N) is 1. The molecule has 2 aromatic rings. The molecule has 3 fully saturated rings. The Hall–Kier alpha value is -2.90. The summed E-state index contributed by atoms with van der Waals surface area (Å²) in [6.45, 7) is 6.87. The Bertz CT molecular complexity index is 1020. The number of carbonyl (C=O) groups is 2. The van der Waals surface area contributed by atoms with Crippen LogP contribution in [-0.2, 0) is 4.79 Å². The highest BCUT2D eigenvalue weighted by molar-refractivity contribution is 5.95. The molecule has 1 aromatic heterocycles. The monoisotopic (exact) mass is 437 g/mol. The highest BCUT2D eigenvalue weighted by Crippen LogP contribution is 2.44. The van der Waals surface area contributed by atoms with Crippen LogP contribution < -0.4 is 10.2 Å². The van der Waals surface area contributed by atoms with Gasteiger partial charge in [-0.1, -0.05) is 23.3 Å². The van der Waals surface area contributed by atoms with Crippen LogP contribution >= 0.6 is 0 Å². The topological polar surface area (TPSA) is 91.6 Å². The molecule has 1 aromatic carbocycles. The lowest BCUT2D eigenvalue weighted by Crippen LogP contribution is -2.48. The van der Waals surface area contributed by atoms with Crippen molar-refractivity contribution in [1.82, 2.24) is 20.4 Å². The average Bonchev–Trinajstić information content (AvgIpc) is 3.45. The molecule has 2 saturated heterocycles. The lowest BCUT2D eigenvalue weighted by atomic mass is 9.74. The summed E-state index contributed by atoms with van der Waals surface area (Å²) in [6, 6.07) is 8.17. The van der Waals surface area contributed by atoms with Crippen LogP contribution in [0, 0.1) is 31.1 Å². The fraction of sp³-hybridized carbons (Fsp3) is 0.583. The number of aryl methyl sites for hydroxylation is 2. The van der Waals surface area contributed by atoms with Crippen molar-refractivity contribution in [3.63, 3.8) is 0 Å².